The number of anilines is 1. The molecule has 98 valence electrons. The van der Waals surface area contributed by atoms with Crippen molar-refractivity contribution < 1.29 is 4.79 Å². The molecule has 4 heteroatoms. The van der Waals surface area contributed by atoms with Crippen LogP contribution in [0.15, 0.2) is 61.1 Å². The van der Waals surface area contributed by atoms with Gasteiger partial charge in [-0.25, -0.2) is 0 Å². The van der Waals surface area contributed by atoms with E-state index in [0.717, 1.165) is 16.6 Å². The number of hydrogen-bond acceptors (Lipinski definition) is 3. The summed E-state index contributed by atoms with van der Waals surface area (Å²) in [6.07, 6.45) is 4.96. The van der Waals surface area contributed by atoms with Gasteiger partial charge in [0.1, 0.15) is 0 Å². The van der Waals surface area contributed by atoms with Crippen molar-refractivity contribution >= 4 is 22.5 Å². The van der Waals surface area contributed by atoms with Crippen LogP contribution in [0, 0.1) is 0 Å². The summed E-state index contributed by atoms with van der Waals surface area (Å²) in [5.74, 6) is -0.0782. The minimum atomic E-state index is -0.0782. The van der Waals surface area contributed by atoms with Crippen molar-refractivity contribution in [1.82, 2.24) is 9.97 Å². The van der Waals surface area contributed by atoms with Gasteiger partial charge in [0, 0.05) is 36.6 Å². The third-order valence-electron chi connectivity index (χ3n) is 3.20. The number of carbonyl (C=O) groups is 1. The summed E-state index contributed by atoms with van der Waals surface area (Å²) in [5, 5.41) is 1.01. The Morgan fingerprint density at radius 1 is 1.00 bits per heavy atom. The zero-order chi connectivity index (χ0) is 13.9. The topological polar surface area (TPSA) is 46.1 Å². The minimum Gasteiger partial charge on any atom is -0.309 e. The maximum absolute atomic E-state index is 12.5. The van der Waals surface area contributed by atoms with Gasteiger partial charge in [0.2, 0.25) is 0 Å². The van der Waals surface area contributed by atoms with E-state index in [2.05, 4.69) is 9.97 Å². The molecule has 0 bridgehead atoms. The summed E-state index contributed by atoms with van der Waals surface area (Å²) < 4.78 is 0. The molecule has 2 aromatic heterocycles. The van der Waals surface area contributed by atoms with E-state index < -0.39 is 0 Å². The smallest absolute Gasteiger partial charge is 0.258 e. The second-order valence-corrected chi connectivity index (χ2v) is 4.45. The zero-order valence-electron chi connectivity index (χ0n) is 11.0. The van der Waals surface area contributed by atoms with Crippen molar-refractivity contribution in [3.05, 3.63) is 66.6 Å². The van der Waals surface area contributed by atoms with E-state index in [-0.39, 0.29) is 5.91 Å². The molecule has 20 heavy (non-hydrogen) atoms. The standard InChI is InChI=1S/C16H13N3O/c1-19(16(20)13-7-10-17-11-8-13)14-6-2-4-12-5-3-9-18-15(12)14/h2-11H,1H3. The van der Waals surface area contributed by atoms with E-state index >= 15 is 0 Å². The second kappa shape index (κ2) is 5.09. The number of carbonyl (C=O) groups excluding carboxylic acids is 1. The summed E-state index contributed by atoms with van der Waals surface area (Å²) in [5.41, 5.74) is 2.22. The lowest BCUT2D eigenvalue weighted by molar-refractivity contribution is 0.0993. The molecule has 0 fully saturated rings. The number of fused-ring (bicyclic) bond motifs is 1. The summed E-state index contributed by atoms with van der Waals surface area (Å²) in [7, 11) is 1.76. The molecule has 0 unspecified atom stereocenters. The second-order valence-electron chi connectivity index (χ2n) is 4.45. The monoisotopic (exact) mass is 263 g/mol. The number of para-hydroxylation sites is 1. The largest absolute Gasteiger partial charge is 0.309 e. The molecule has 1 amide bonds. The fourth-order valence-corrected chi connectivity index (χ4v) is 2.16. The van der Waals surface area contributed by atoms with Crippen LogP contribution in [0.3, 0.4) is 0 Å². The number of hydrogen-bond donors (Lipinski definition) is 0. The molecule has 3 aromatic rings. The summed E-state index contributed by atoms with van der Waals surface area (Å²) in [6, 6.07) is 13.1. The van der Waals surface area contributed by atoms with Crippen LogP contribution in [-0.4, -0.2) is 22.9 Å². The summed E-state index contributed by atoms with van der Waals surface area (Å²) >= 11 is 0. The van der Waals surface area contributed by atoms with Crippen molar-refractivity contribution in [3.63, 3.8) is 0 Å². The SMILES string of the molecule is CN(C(=O)c1ccncc1)c1cccc2cccnc12. The lowest BCUT2D eigenvalue weighted by Gasteiger charge is -2.18. The van der Waals surface area contributed by atoms with Gasteiger partial charge in [0.05, 0.1) is 11.2 Å². The molecule has 0 saturated heterocycles. The number of pyridine rings is 2. The lowest BCUT2D eigenvalue weighted by Crippen LogP contribution is -2.26. The molecular formula is C16H13N3O. The van der Waals surface area contributed by atoms with Gasteiger partial charge in [-0.3, -0.25) is 14.8 Å². The summed E-state index contributed by atoms with van der Waals surface area (Å²) in [4.78, 5) is 22.4. The summed E-state index contributed by atoms with van der Waals surface area (Å²) in [6.45, 7) is 0. The first-order chi connectivity index (χ1) is 9.77. The van der Waals surface area contributed by atoms with Gasteiger partial charge in [-0.05, 0) is 24.3 Å². The quantitative estimate of drug-likeness (QED) is 0.714. The molecule has 0 spiro atoms. The Labute approximate surface area is 116 Å². The van der Waals surface area contributed by atoms with Crippen LogP contribution in [0.1, 0.15) is 10.4 Å². The van der Waals surface area contributed by atoms with E-state index in [9.17, 15) is 4.79 Å². The predicted molar refractivity (Wildman–Crippen MR) is 78.7 cm³/mol. The Bertz CT molecular complexity index is 751. The third-order valence-corrected chi connectivity index (χ3v) is 3.20. The van der Waals surface area contributed by atoms with Crippen LogP contribution >= 0.6 is 0 Å². The highest BCUT2D eigenvalue weighted by molar-refractivity contribution is 6.09. The van der Waals surface area contributed by atoms with Crippen molar-refractivity contribution in [2.24, 2.45) is 0 Å². The minimum absolute atomic E-state index is 0.0782. The molecule has 0 saturated carbocycles. The van der Waals surface area contributed by atoms with Crippen molar-refractivity contribution in [1.29, 1.82) is 0 Å². The fourth-order valence-electron chi connectivity index (χ4n) is 2.16. The van der Waals surface area contributed by atoms with Gasteiger partial charge in [0.15, 0.2) is 0 Å². The van der Waals surface area contributed by atoms with Crippen molar-refractivity contribution in [3.8, 4) is 0 Å². The van der Waals surface area contributed by atoms with Gasteiger partial charge in [0.25, 0.3) is 5.91 Å². The van der Waals surface area contributed by atoms with Crippen molar-refractivity contribution in [2.45, 2.75) is 0 Å². The first-order valence-corrected chi connectivity index (χ1v) is 6.29. The van der Waals surface area contributed by atoms with Crippen molar-refractivity contribution in [2.75, 3.05) is 11.9 Å². The number of rotatable bonds is 2. The molecule has 0 radical (unpaired) electrons. The Hall–Kier alpha value is -2.75. The maximum atomic E-state index is 12.5. The van der Waals surface area contributed by atoms with Crippen LogP contribution in [0.4, 0.5) is 5.69 Å². The highest BCUT2D eigenvalue weighted by Gasteiger charge is 2.15. The molecular weight excluding hydrogens is 250 g/mol. The Morgan fingerprint density at radius 3 is 2.55 bits per heavy atom. The number of nitrogens with zero attached hydrogens (tertiary/aromatic N) is 3. The molecule has 0 N–H and O–H groups in total. The maximum Gasteiger partial charge on any atom is 0.258 e. The Morgan fingerprint density at radius 2 is 1.75 bits per heavy atom. The molecule has 1 aromatic carbocycles. The molecule has 2 heterocycles. The average Bonchev–Trinajstić information content (AvgIpc) is 2.54. The Balaban J connectivity index is 2.05. The highest BCUT2D eigenvalue weighted by Crippen LogP contribution is 2.24. The van der Waals surface area contributed by atoms with E-state index in [4.69, 9.17) is 0 Å². The van der Waals surface area contributed by atoms with Crippen LogP contribution in [-0.2, 0) is 0 Å². The zero-order valence-corrected chi connectivity index (χ0v) is 11.0. The van der Waals surface area contributed by atoms with Gasteiger partial charge in [-0.15, -0.1) is 0 Å². The fraction of sp³-hybridized carbons (Fsp3) is 0.0625. The van der Waals surface area contributed by atoms with Crippen LogP contribution in [0.5, 0.6) is 0 Å². The first kappa shape index (κ1) is 12.3. The lowest BCUT2D eigenvalue weighted by atomic mass is 10.1. The Kier molecular flexibility index (Phi) is 3.13. The average molecular weight is 263 g/mol. The van der Waals surface area contributed by atoms with E-state index in [1.165, 1.54) is 0 Å². The highest BCUT2D eigenvalue weighted by atomic mass is 16.2. The van der Waals surface area contributed by atoms with Gasteiger partial charge < -0.3 is 4.90 Å². The first-order valence-electron chi connectivity index (χ1n) is 6.29. The molecule has 0 aliphatic carbocycles. The van der Waals surface area contributed by atoms with Gasteiger partial charge >= 0.3 is 0 Å². The van der Waals surface area contributed by atoms with Crippen LogP contribution in [0.25, 0.3) is 10.9 Å². The molecule has 0 aliphatic rings. The van der Waals surface area contributed by atoms with Crippen LogP contribution < -0.4 is 4.90 Å². The molecule has 0 aliphatic heterocycles. The van der Waals surface area contributed by atoms with E-state index in [1.54, 1.807) is 42.7 Å². The van der Waals surface area contributed by atoms with E-state index in [1.807, 2.05) is 30.3 Å². The molecule has 3 rings (SSSR count). The predicted octanol–water partition coefficient (Wildman–Crippen LogP) is 2.91. The normalized spacial score (nSPS) is 10.4. The van der Waals surface area contributed by atoms with E-state index in [0.29, 0.717) is 5.56 Å². The number of amides is 1. The van der Waals surface area contributed by atoms with Gasteiger partial charge in [-0.1, -0.05) is 18.2 Å². The number of aromatic nitrogens is 2. The van der Waals surface area contributed by atoms with Gasteiger partial charge in [-0.2, -0.15) is 0 Å². The molecule has 4 nitrogen and oxygen atoms in total. The number of benzene rings is 1. The molecule has 0 atom stereocenters. The van der Waals surface area contributed by atoms with Crippen LogP contribution in [0.2, 0.25) is 0 Å². The third kappa shape index (κ3) is 2.12.